The van der Waals surface area contributed by atoms with Gasteiger partial charge in [-0.25, -0.2) is 0 Å². The van der Waals surface area contributed by atoms with E-state index in [4.69, 9.17) is 4.74 Å². The summed E-state index contributed by atoms with van der Waals surface area (Å²) in [6, 6.07) is 0. The minimum absolute atomic E-state index is 0.210. The Hall–Kier alpha value is -0.570. The van der Waals surface area contributed by atoms with Crippen molar-refractivity contribution in [3.05, 3.63) is 0 Å². The SMILES string of the molecule is CCCCCCCCN1C(=O)COC12CCCCC2. The van der Waals surface area contributed by atoms with Crippen LogP contribution in [0.15, 0.2) is 0 Å². The maximum atomic E-state index is 12.0. The summed E-state index contributed by atoms with van der Waals surface area (Å²) in [6.07, 6.45) is 13.5. The third kappa shape index (κ3) is 3.71. The quantitative estimate of drug-likeness (QED) is 0.655. The second kappa shape index (κ2) is 7.28. The highest BCUT2D eigenvalue weighted by atomic mass is 16.5. The predicted molar refractivity (Wildman–Crippen MR) is 76.9 cm³/mol. The first-order valence-corrected chi connectivity index (χ1v) is 8.23. The van der Waals surface area contributed by atoms with Gasteiger partial charge in [0.1, 0.15) is 12.3 Å². The topological polar surface area (TPSA) is 29.5 Å². The molecule has 1 amide bonds. The average molecular weight is 267 g/mol. The van der Waals surface area contributed by atoms with Gasteiger partial charge in [-0.15, -0.1) is 0 Å². The predicted octanol–water partition coefficient (Wildman–Crippen LogP) is 3.87. The molecular formula is C16H29NO2. The van der Waals surface area contributed by atoms with Crippen LogP contribution in [0.2, 0.25) is 0 Å². The molecule has 1 aliphatic heterocycles. The first kappa shape index (κ1) is 14.8. The van der Waals surface area contributed by atoms with Gasteiger partial charge in [0.25, 0.3) is 5.91 Å². The molecule has 0 bridgehead atoms. The van der Waals surface area contributed by atoms with Gasteiger partial charge in [-0.1, -0.05) is 45.4 Å². The van der Waals surface area contributed by atoms with E-state index in [0.29, 0.717) is 6.61 Å². The molecule has 0 unspecified atom stereocenters. The number of hydrogen-bond acceptors (Lipinski definition) is 2. The van der Waals surface area contributed by atoms with Crippen molar-refractivity contribution < 1.29 is 9.53 Å². The number of amides is 1. The number of carbonyl (C=O) groups is 1. The van der Waals surface area contributed by atoms with Gasteiger partial charge in [0.15, 0.2) is 0 Å². The molecule has 0 aromatic rings. The van der Waals surface area contributed by atoms with Gasteiger partial charge in [-0.2, -0.15) is 0 Å². The van der Waals surface area contributed by atoms with Crippen molar-refractivity contribution in [2.75, 3.05) is 13.2 Å². The zero-order valence-corrected chi connectivity index (χ0v) is 12.5. The van der Waals surface area contributed by atoms with E-state index in [2.05, 4.69) is 11.8 Å². The zero-order valence-electron chi connectivity index (χ0n) is 12.5. The maximum Gasteiger partial charge on any atom is 0.250 e. The molecule has 1 saturated heterocycles. The van der Waals surface area contributed by atoms with Crippen molar-refractivity contribution in [1.29, 1.82) is 0 Å². The highest BCUT2D eigenvalue weighted by molar-refractivity contribution is 5.80. The molecule has 1 aliphatic carbocycles. The van der Waals surface area contributed by atoms with Crippen LogP contribution in [0, 0.1) is 0 Å². The lowest BCUT2D eigenvalue weighted by Gasteiger charge is -2.40. The van der Waals surface area contributed by atoms with Crippen molar-refractivity contribution in [3.63, 3.8) is 0 Å². The first-order chi connectivity index (χ1) is 9.28. The maximum absolute atomic E-state index is 12.0. The summed E-state index contributed by atoms with van der Waals surface area (Å²) < 4.78 is 5.88. The van der Waals surface area contributed by atoms with Crippen LogP contribution in [-0.4, -0.2) is 29.7 Å². The number of unbranched alkanes of at least 4 members (excludes halogenated alkanes) is 5. The molecule has 1 spiro atoms. The van der Waals surface area contributed by atoms with Gasteiger partial charge >= 0.3 is 0 Å². The van der Waals surface area contributed by atoms with Crippen molar-refractivity contribution >= 4 is 5.91 Å². The summed E-state index contributed by atoms with van der Waals surface area (Å²) >= 11 is 0. The summed E-state index contributed by atoms with van der Waals surface area (Å²) in [5.74, 6) is 0.218. The number of rotatable bonds is 7. The molecule has 0 aromatic heterocycles. The minimum atomic E-state index is -0.210. The highest BCUT2D eigenvalue weighted by Gasteiger charge is 2.46. The normalized spacial score (nSPS) is 22.4. The van der Waals surface area contributed by atoms with Crippen molar-refractivity contribution in [2.45, 2.75) is 83.3 Å². The lowest BCUT2D eigenvalue weighted by Crippen LogP contribution is -2.48. The molecule has 2 rings (SSSR count). The van der Waals surface area contributed by atoms with Crippen LogP contribution in [0.5, 0.6) is 0 Å². The van der Waals surface area contributed by atoms with Crippen molar-refractivity contribution in [2.24, 2.45) is 0 Å². The van der Waals surface area contributed by atoms with E-state index in [0.717, 1.165) is 25.8 Å². The molecule has 0 atom stereocenters. The lowest BCUT2D eigenvalue weighted by atomic mass is 9.90. The van der Waals surface area contributed by atoms with Gasteiger partial charge in [0, 0.05) is 6.54 Å². The Morgan fingerprint density at radius 2 is 1.74 bits per heavy atom. The monoisotopic (exact) mass is 267 g/mol. The summed E-state index contributed by atoms with van der Waals surface area (Å²) in [5, 5.41) is 0. The van der Waals surface area contributed by atoms with Crippen molar-refractivity contribution in [3.8, 4) is 0 Å². The second-order valence-corrected chi connectivity index (χ2v) is 6.11. The van der Waals surface area contributed by atoms with E-state index in [1.807, 2.05) is 0 Å². The summed E-state index contributed by atoms with van der Waals surface area (Å²) in [5.41, 5.74) is -0.210. The highest BCUT2D eigenvalue weighted by Crippen LogP contribution is 2.38. The van der Waals surface area contributed by atoms with E-state index in [9.17, 15) is 4.79 Å². The van der Waals surface area contributed by atoms with Gasteiger partial charge in [0.05, 0.1) is 0 Å². The molecular weight excluding hydrogens is 238 g/mol. The number of carbonyl (C=O) groups excluding carboxylic acids is 1. The molecule has 19 heavy (non-hydrogen) atoms. The number of ether oxygens (including phenoxy) is 1. The summed E-state index contributed by atoms with van der Waals surface area (Å²) in [4.78, 5) is 14.1. The molecule has 0 radical (unpaired) electrons. The van der Waals surface area contributed by atoms with Crippen molar-refractivity contribution in [1.82, 2.24) is 4.90 Å². The fourth-order valence-corrected chi connectivity index (χ4v) is 3.48. The average Bonchev–Trinajstić information content (AvgIpc) is 2.72. The van der Waals surface area contributed by atoms with Gasteiger partial charge in [-0.05, 0) is 32.1 Å². The molecule has 110 valence electrons. The Labute approximate surface area is 117 Å². The largest absolute Gasteiger partial charge is 0.346 e. The minimum Gasteiger partial charge on any atom is -0.346 e. The third-order valence-electron chi connectivity index (χ3n) is 4.63. The molecule has 0 N–H and O–H groups in total. The Bertz CT molecular complexity index is 284. The van der Waals surface area contributed by atoms with E-state index in [1.165, 1.54) is 51.4 Å². The standard InChI is InChI=1S/C16H29NO2/c1-2-3-4-5-6-10-13-17-15(18)14-19-16(17)11-8-7-9-12-16/h2-14H2,1H3. The molecule has 3 heteroatoms. The molecule has 2 aliphatic rings. The molecule has 1 heterocycles. The fourth-order valence-electron chi connectivity index (χ4n) is 3.48. The second-order valence-electron chi connectivity index (χ2n) is 6.11. The van der Waals surface area contributed by atoms with Crippen LogP contribution in [0.1, 0.15) is 77.6 Å². The van der Waals surface area contributed by atoms with Crippen LogP contribution in [-0.2, 0) is 9.53 Å². The van der Waals surface area contributed by atoms with E-state index < -0.39 is 0 Å². The summed E-state index contributed by atoms with van der Waals surface area (Å²) in [7, 11) is 0. The number of hydrogen-bond donors (Lipinski definition) is 0. The molecule has 3 nitrogen and oxygen atoms in total. The number of nitrogens with zero attached hydrogens (tertiary/aromatic N) is 1. The van der Waals surface area contributed by atoms with Gasteiger partial charge < -0.3 is 9.64 Å². The summed E-state index contributed by atoms with van der Waals surface area (Å²) in [6.45, 7) is 3.47. The van der Waals surface area contributed by atoms with E-state index >= 15 is 0 Å². The van der Waals surface area contributed by atoms with Gasteiger partial charge in [0.2, 0.25) is 0 Å². The first-order valence-electron chi connectivity index (χ1n) is 8.23. The van der Waals surface area contributed by atoms with E-state index in [-0.39, 0.29) is 11.6 Å². The Kier molecular flexibility index (Phi) is 5.68. The van der Waals surface area contributed by atoms with Crippen LogP contribution in [0.25, 0.3) is 0 Å². The Morgan fingerprint density at radius 1 is 1.05 bits per heavy atom. The smallest absolute Gasteiger partial charge is 0.250 e. The van der Waals surface area contributed by atoms with Crippen LogP contribution in [0.4, 0.5) is 0 Å². The third-order valence-corrected chi connectivity index (χ3v) is 4.63. The van der Waals surface area contributed by atoms with Crippen LogP contribution in [0.3, 0.4) is 0 Å². The van der Waals surface area contributed by atoms with E-state index in [1.54, 1.807) is 0 Å². The molecule has 1 saturated carbocycles. The fraction of sp³-hybridized carbons (Fsp3) is 0.938. The van der Waals surface area contributed by atoms with Gasteiger partial charge in [-0.3, -0.25) is 4.79 Å². The molecule has 0 aromatic carbocycles. The Morgan fingerprint density at radius 3 is 2.47 bits per heavy atom. The zero-order chi connectivity index (χ0) is 13.6. The Balaban J connectivity index is 1.75. The lowest BCUT2D eigenvalue weighted by molar-refractivity contribution is -0.138. The van der Waals surface area contributed by atoms with Crippen LogP contribution < -0.4 is 0 Å². The molecule has 2 fully saturated rings. The van der Waals surface area contributed by atoms with Crippen LogP contribution >= 0.6 is 0 Å².